The molecular formula is C14H17Cl3N4. The Hall–Kier alpha value is -0.810. The lowest BCUT2D eigenvalue weighted by atomic mass is 9.99. The molecule has 0 amide bonds. The minimum absolute atomic E-state index is 0. The Bertz CT molecular complexity index is 573. The van der Waals surface area contributed by atoms with Gasteiger partial charge in [0.15, 0.2) is 5.82 Å². The molecule has 3 rings (SSSR count). The molecule has 21 heavy (non-hydrogen) atoms. The number of nitrogens with one attached hydrogen (secondary N) is 2. The second kappa shape index (κ2) is 7.45. The molecule has 0 aliphatic carbocycles. The van der Waals surface area contributed by atoms with E-state index in [0.29, 0.717) is 22.4 Å². The van der Waals surface area contributed by atoms with Gasteiger partial charge in [-0.15, -0.1) is 12.4 Å². The second-order valence-corrected chi connectivity index (χ2v) is 5.87. The summed E-state index contributed by atoms with van der Waals surface area (Å²) in [6, 6.07) is 5.52. The average molecular weight is 348 g/mol. The van der Waals surface area contributed by atoms with Crippen LogP contribution >= 0.6 is 35.6 Å². The van der Waals surface area contributed by atoms with Crippen LogP contribution in [0.15, 0.2) is 18.2 Å². The monoisotopic (exact) mass is 346 g/mol. The number of halogens is 3. The molecule has 1 fully saturated rings. The van der Waals surface area contributed by atoms with Crippen LogP contribution in [0.5, 0.6) is 0 Å². The SMILES string of the molecule is Cl.Clc1cccc(Cl)c1Cc1nc(C2CCCNC2)n[nH]1. The zero-order chi connectivity index (χ0) is 13.9. The number of rotatable bonds is 3. The van der Waals surface area contributed by atoms with Crippen LogP contribution in [0, 0.1) is 0 Å². The van der Waals surface area contributed by atoms with Crippen LogP contribution in [-0.2, 0) is 6.42 Å². The molecular weight excluding hydrogens is 331 g/mol. The van der Waals surface area contributed by atoms with E-state index in [4.69, 9.17) is 23.2 Å². The summed E-state index contributed by atoms with van der Waals surface area (Å²) in [5, 5.41) is 12.0. The molecule has 1 aromatic carbocycles. The number of aromatic amines is 1. The molecule has 1 aliphatic heterocycles. The molecule has 0 bridgehead atoms. The van der Waals surface area contributed by atoms with Gasteiger partial charge in [-0.05, 0) is 37.1 Å². The third-order valence-electron chi connectivity index (χ3n) is 3.62. The van der Waals surface area contributed by atoms with Gasteiger partial charge in [0.05, 0.1) is 0 Å². The predicted octanol–water partition coefficient (Wildman–Crippen LogP) is 3.59. The average Bonchev–Trinajstić information content (AvgIpc) is 2.93. The summed E-state index contributed by atoms with van der Waals surface area (Å²) in [5.41, 5.74) is 0.889. The Morgan fingerprint density at radius 3 is 2.67 bits per heavy atom. The van der Waals surface area contributed by atoms with Gasteiger partial charge in [0.2, 0.25) is 0 Å². The smallest absolute Gasteiger partial charge is 0.155 e. The summed E-state index contributed by atoms with van der Waals surface area (Å²) >= 11 is 12.4. The molecule has 2 aromatic rings. The van der Waals surface area contributed by atoms with Crippen molar-refractivity contribution in [2.24, 2.45) is 0 Å². The van der Waals surface area contributed by atoms with Crippen molar-refractivity contribution in [3.8, 4) is 0 Å². The number of nitrogens with zero attached hydrogens (tertiary/aromatic N) is 2. The number of hydrogen-bond acceptors (Lipinski definition) is 3. The summed E-state index contributed by atoms with van der Waals surface area (Å²) < 4.78 is 0. The second-order valence-electron chi connectivity index (χ2n) is 5.06. The van der Waals surface area contributed by atoms with Crippen molar-refractivity contribution in [1.29, 1.82) is 0 Å². The van der Waals surface area contributed by atoms with E-state index in [1.165, 1.54) is 6.42 Å². The number of piperidine rings is 1. The summed E-state index contributed by atoms with van der Waals surface area (Å²) in [6.07, 6.45) is 2.88. The molecule has 1 aliphatic rings. The van der Waals surface area contributed by atoms with E-state index in [-0.39, 0.29) is 12.4 Å². The highest BCUT2D eigenvalue weighted by atomic mass is 35.5. The number of aromatic nitrogens is 3. The molecule has 0 spiro atoms. The Kier molecular flexibility index (Phi) is 5.88. The molecule has 1 saturated heterocycles. The maximum atomic E-state index is 6.18. The molecule has 1 aromatic heterocycles. The molecule has 0 saturated carbocycles. The number of hydrogen-bond donors (Lipinski definition) is 2. The molecule has 4 nitrogen and oxygen atoms in total. The largest absolute Gasteiger partial charge is 0.316 e. The van der Waals surface area contributed by atoms with E-state index in [2.05, 4.69) is 20.5 Å². The maximum absolute atomic E-state index is 6.18. The van der Waals surface area contributed by atoms with E-state index in [1.54, 1.807) is 0 Å². The van der Waals surface area contributed by atoms with Gasteiger partial charge in [0.1, 0.15) is 5.82 Å². The van der Waals surface area contributed by atoms with E-state index in [9.17, 15) is 0 Å². The summed E-state index contributed by atoms with van der Waals surface area (Å²) in [7, 11) is 0. The lowest BCUT2D eigenvalue weighted by molar-refractivity contribution is 0.447. The van der Waals surface area contributed by atoms with Crippen molar-refractivity contribution in [2.75, 3.05) is 13.1 Å². The van der Waals surface area contributed by atoms with Crippen molar-refractivity contribution in [2.45, 2.75) is 25.2 Å². The highest BCUT2D eigenvalue weighted by Crippen LogP contribution is 2.26. The highest BCUT2D eigenvalue weighted by molar-refractivity contribution is 6.36. The fourth-order valence-electron chi connectivity index (χ4n) is 2.51. The molecule has 114 valence electrons. The zero-order valence-electron chi connectivity index (χ0n) is 11.4. The summed E-state index contributed by atoms with van der Waals surface area (Å²) in [6.45, 7) is 2.03. The molecule has 2 heterocycles. The minimum Gasteiger partial charge on any atom is -0.316 e. The third kappa shape index (κ3) is 3.89. The van der Waals surface area contributed by atoms with Gasteiger partial charge in [-0.25, -0.2) is 4.98 Å². The van der Waals surface area contributed by atoms with Crippen LogP contribution in [-0.4, -0.2) is 28.3 Å². The van der Waals surface area contributed by atoms with Crippen LogP contribution in [0.4, 0.5) is 0 Å². The van der Waals surface area contributed by atoms with Crippen molar-refractivity contribution in [1.82, 2.24) is 20.5 Å². The van der Waals surface area contributed by atoms with E-state index < -0.39 is 0 Å². The first-order valence-electron chi connectivity index (χ1n) is 6.79. The van der Waals surface area contributed by atoms with Gasteiger partial charge < -0.3 is 5.32 Å². The predicted molar refractivity (Wildman–Crippen MR) is 87.7 cm³/mol. The van der Waals surface area contributed by atoms with E-state index in [1.807, 2.05) is 18.2 Å². The zero-order valence-corrected chi connectivity index (χ0v) is 13.7. The normalized spacial score (nSPS) is 18.3. The molecule has 2 N–H and O–H groups in total. The van der Waals surface area contributed by atoms with Crippen molar-refractivity contribution >= 4 is 35.6 Å². The van der Waals surface area contributed by atoms with Crippen LogP contribution in [0.2, 0.25) is 10.0 Å². The maximum Gasteiger partial charge on any atom is 0.155 e. The van der Waals surface area contributed by atoms with Crippen LogP contribution in [0.3, 0.4) is 0 Å². The first kappa shape index (κ1) is 16.6. The van der Waals surface area contributed by atoms with Gasteiger partial charge in [-0.3, -0.25) is 5.10 Å². The minimum atomic E-state index is 0. The first-order chi connectivity index (χ1) is 9.74. The number of H-pyrrole nitrogens is 1. The molecule has 7 heteroatoms. The van der Waals surface area contributed by atoms with Crippen LogP contribution in [0.25, 0.3) is 0 Å². The quantitative estimate of drug-likeness (QED) is 0.892. The first-order valence-corrected chi connectivity index (χ1v) is 7.54. The van der Waals surface area contributed by atoms with E-state index in [0.717, 1.165) is 36.7 Å². The van der Waals surface area contributed by atoms with Gasteiger partial charge in [-0.2, -0.15) is 5.10 Å². The van der Waals surface area contributed by atoms with Crippen LogP contribution in [0.1, 0.15) is 36.0 Å². The molecule has 0 radical (unpaired) electrons. The molecule has 1 unspecified atom stereocenters. The summed E-state index contributed by atoms with van der Waals surface area (Å²) in [5.74, 6) is 2.09. The van der Waals surface area contributed by atoms with Gasteiger partial charge in [0, 0.05) is 28.9 Å². The van der Waals surface area contributed by atoms with Crippen LogP contribution < -0.4 is 5.32 Å². The third-order valence-corrected chi connectivity index (χ3v) is 4.33. The van der Waals surface area contributed by atoms with Crippen molar-refractivity contribution in [3.05, 3.63) is 45.5 Å². The summed E-state index contributed by atoms with van der Waals surface area (Å²) in [4.78, 5) is 4.59. The Morgan fingerprint density at radius 2 is 2.00 bits per heavy atom. The number of benzene rings is 1. The topological polar surface area (TPSA) is 53.6 Å². The molecule has 1 atom stereocenters. The van der Waals surface area contributed by atoms with Crippen molar-refractivity contribution < 1.29 is 0 Å². The van der Waals surface area contributed by atoms with E-state index >= 15 is 0 Å². The fraction of sp³-hybridized carbons (Fsp3) is 0.429. The standard InChI is InChI=1S/C14H16Cl2N4.ClH/c15-11-4-1-5-12(16)10(11)7-13-18-14(20-19-13)9-3-2-6-17-8-9;/h1,4-5,9,17H,2-3,6-8H2,(H,18,19,20);1H. The fourth-order valence-corrected chi connectivity index (χ4v) is 3.04. The Morgan fingerprint density at radius 1 is 1.24 bits per heavy atom. The Labute approximate surface area is 140 Å². The highest BCUT2D eigenvalue weighted by Gasteiger charge is 2.19. The lowest BCUT2D eigenvalue weighted by Gasteiger charge is -2.19. The Balaban J connectivity index is 0.00000161. The lowest BCUT2D eigenvalue weighted by Crippen LogP contribution is -2.28. The van der Waals surface area contributed by atoms with Gasteiger partial charge in [-0.1, -0.05) is 29.3 Å². The van der Waals surface area contributed by atoms with Crippen molar-refractivity contribution in [3.63, 3.8) is 0 Å². The van der Waals surface area contributed by atoms with Gasteiger partial charge in [0.25, 0.3) is 0 Å². The van der Waals surface area contributed by atoms with Gasteiger partial charge >= 0.3 is 0 Å².